The third-order valence-electron chi connectivity index (χ3n) is 3.45. The number of hydrogen-bond donors (Lipinski definition) is 2. The molecule has 23 heavy (non-hydrogen) atoms. The van der Waals surface area contributed by atoms with Crippen molar-refractivity contribution in [1.82, 2.24) is 20.2 Å². The topological polar surface area (TPSA) is 63.5 Å². The van der Waals surface area contributed by atoms with Crippen LogP contribution in [0.25, 0.3) is 0 Å². The molecule has 6 heteroatoms. The number of ether oxygens (including phenoxy) is 1. The lowest BCUT2D eigenvalue weighted by Gasteiger charge is -2.13. The second-order valence-electron chi connectivity index (χ2n) is 5.16. The Morgan fingerprint density at radius 1 is 1.26 bits per heavy atom. The first-order valence-electron chi connectivity index (χ1n) is 7.81. The molecule has 1 heterocycles. The van der Waals surface area contributed by atoms with Crippen LogP contribution in [0, 0.1) is 0 Å². The fourth-order valence-electron chi connectivity index (χ4n) is 2.24. The van der Waals surface area contributed by atoms with E-state index in [1.165, 1.54) is 5.56 Å². The largest absolute Gasteiger partial charge is 0.385 e. The third kappa shape index (κ3) is 5.75. The van der Waals surface area contributed by atoms with Crippen LogP contribution < -0.4 is 10.6 Å². The van der Waals surface area contributed by atoms with Gasteiger partial charge in [0.25, 0.3) is 0 Å². The summed E-state index contributed by atoms with van der Waals surface area (Å²) >= 11 is 0. The first-order valence-corrected chi connectivity index (χ1v) is 7.81. The summed E-state index contributed by atoms with van der Waals surface area (Å²) in [6.07, 6.45) is 4.77. The van der Waals surface area contributed by atoms with E-state index >= 15 is 0 Å². The average molecular weight is 315 g/mol. The molecule has 0 amide bonds. The number of aromatic nitrogens is 2. The molecular weight excluding hydrogens is 290 g/mol. The summed E-state index contributed by atoms with van der Waals surface area (Å²) in [5.74, 6) is 1.75. The predicted molar refractivity (Wildman–Crippen MR) is 92.5 cm³/mol. The molecule has 2 aromatic rings. The lowest BCUT2D eigenvalue weighted by atomic mass is 10.2. The van der Waals surface area contributed by atoms with Crippen molar-refractivity contribution < 1.29 is 4.74 Å². The summed E-state index contributed by atoms with van der Waals surface area (Å²) < 4.78 is 7.17. The SMILES string of the molecule is CN=C(NCCCOC)NCc1nccn1Cc1ccccc1. The van der Waals surface area contributed by atoms with E-state index in [0.717, 1.165) is 37.9 Å². The molecule has 0 fully saturated rings. The van der Waals surface area contributed by atoms with E-state index in [1.54, 1.807) is 14.2 Å². The van der Waals surface area contributed by atoms with E-state index in [4.69, 9.17) is 4.74 Å². The number of methoxy groups -OCH3 is 1. The fraction of sp³-hybridized carbons (Fsp3) is 0.412. The van der Waals surface area contributed by atoms with E-state index in [0.29, 0.717) is 6.54 Å². The molecule has 0 radical (unpaired) electrons. The van der Waals surface area contributed by atoms with Gasteiger partial charge in [-0.3, -0.25) is 4.99 Å². The van der Waals surface area contributed by atoms with Gasteiger partial charge in [0, 0.05) is 46.2 Å². The van der Waals surface area contributed by atoms with Crippen LogP contribution >= 0.6 is 0 Å². The van der Waals surface area contributed by atoms with E-state index in [9.17, 15) is 0 Å². The van der Waals surface area contributed by atoms with Crippen LogP contribution in [0.5, 0.6) is 0 Å². The third-order valence-corrected chi connectivity index (χ3v) is 3.45. The Morgan fingerprint density at radius 2 is 2.09 bits per heavy atom. The average Bonchev–Trinajstić information content (AvgIpc) is 3.02. The molecule has 0 saturated heterocycles. The predicted octanol–water partition coefficient (Wildman–Crippen LogP) is 1.63. The van der Waals surface area contributed by atoms with Crippen LogP contribution in [0.15, 0.2) is 47.7 Å². The van der Waals surface area contributed by atoms with Gasteiger partial charge in [-0.2, -0.15) is 0 Å². The minimum Gasteiger partial charge on any atom is -0.385 e. The van der Waals surface area contributed by atoms with E-state index in [2.05, 4.69) is 49.4 Å². The molecule has 1 aromatic heterocycles. The molecule has 0 unspecified atom stereocenters. The van der Waals surface area contributed by atoms with Gasteiger partial charge in [0.1, 0.15) is 5.82 Å². The summed E-state index contributed by atoms with van der Waals surface area (Å²) in [5.41, 5.74) is 1.26. The highest BCUT2D eigenvalue weighted by Crippen LogP contribution is 2.05. The Morgan fingerprint density at radius 3 is 2.83 bits per heavy atom. The van der Waals surface area contributed by atoms with Gasteiger partial charge in [-0.15, -0.1) is 0 Å². The van der Waals surface area contributed by atoms with Crippen molar-refractivity contribution in [2.24, 2.45) is 4.99 Å². The quantitative estimate of drug-likeness (QED) is 0.441. The van der Waals surface area contributed by atoms with Crippen molar-refractivity contribution in [2.75, 3.05) is 27.3 Å². The second-order valence-corrected chi connectivity index (χ2v) is 5.16. The molecule has 1 aromatic carbocycles. The molecule has 0 atom stereocenters. The monoisotopic (exact) mass is 315 g/mol. The van der Waals surface area contributed by atoms with Crippen LogP contribution in [-0.4, -0.2) is 42.8 Å². The van der Waals surface area contributed by atoms with Gasteiger partial charge in [-0.1, -0.05) is 30.3 Å². The van der Waals surface area contributed by atoms with E-state index in [-0.39, 0.29) is 0 Å². The Bertz CT molecular complexity index is 594. The molecular formula is C17H25N5O. The molecule has 2 rings (SSSR count). The molecule has 0 bridgehead atoms. The second kappa shape index (κ2) is 9.63. The van der Waals surface area contributed by atoms with Gasteiger partial charge >= 0.3 is 0 Å². The number of nitrogens with zero attached hydrogens (tertiary/aromatic N) is 3. The Labute approximate surface area is 137 Å². The first-order chi connectivity index (χ1) is 11.3. The Hall–Kier alpha value is -2.34. The van der Waals surface area contributed by atoms with Crippen molar-refractivity contribution in [3.63, 3.8) is 0 Å². The molecule has 0 spiro atoms. The van der Waals surface area contributed by atoms with Crippen molar-refractivity contribution in [2.45, 2.75) is 19.5 Å². The molecule has 0 saturated carbocycles. The van der Waals surface area contributed by atoms with Crippen molar-refractivity contribution >= 4 is 5.96 Å². The van der Waals surface area contributed by atoms with Crippen LogP contribution in [0.4, 0.5) is 0 Å². The molecule has 6 nitrogen and oxygen atoms in total. The van der Waals surface area contributed by atoms with Gasteiger partial charge < -0.3 is 19.9 Å². The Balaban J connectivity index is 1.85. The van der Waals surface area contributed by atoms with Crippen molar-refractivity contribution in [3.8, 4) is 0 Å². The highest BCUT2D eigenvalue weighted by Gasteiger charge is 2.05. The van der Waals surface area contributed by atoms with Crippen molar-refractivity contribution in [3.05, 3.63) is 54.1 Å². The summed E-state index contributed by atoms with van der Waals surface area (Å²) in [4.78, 5) is 8.64. The van der Waals surface area contributed by atoms with Crippen molar-refractivity contribution in [1.29, 1.82) is 0 Å². The van der Waals surface area contributed by atoms with Crippen LogP contribution in [0.2, 0.25) is 0 Å². The number of nitrogens with one attached hydrogen (secondary N) is 2. The minimum atomic E-state index is 0.629. The van der Waals surface area contributed by atoms with Gasteiger partial charge in [0.2, 0.25) is 0 Å². The molecule has 124 valence electrons. The zero-order chi connectivity index (χ0) is 16.3. The maximum Gasteiger partial charge on any atom is 0.191 e. The number of guanidine groups is 1. The number of hydrogen-bond acceptors (Lipinski definition) is 3. The van der Waals surface area contributed by atoms with E-state index in [1.807, 2.05) is 18.5 Å². The van der Waals surface area contributed by atoms with Gasteiger partial charge in [0.05, 0.1) is 6.54 Å². The molecule has 0 aliphatic heterocycles. The minimum absolute atomic E-state index is 0.629. The summed E-state index contributed by atoms with van der Waals surface area (Å²) in [6, 6.07) is 10.4. The highest BCUT2D eigenvalue weighted by molar-refractivity contribution is 5.79. The van der Waals surface area contributed by atoms with Gasteiger partial charge in [-0.05, 0) is 12.0 Å². The summed E-state index contributed by atoms with van der Waals surface area (Å²) in [6.45, 7) is 3.01. The molecule has 0 aliphatic carbocycles. The summed E-state index contributed by atoms with van der Waals surface area (Å²) in [5, 5.41) is 6.55. The number of benzene rings is 1. The number of aliphatic imine (C=N–C) groups is 1. The zero-order valence-corrected chi connectivity index (χ0v) is 13.8. The zero-order valence-electron chi connectivity index (χ0n) is 13.8. The Kier molecular flexibility index (Phi) is 7.13. The van der Waals surface area contributed by atoms with Crippen LogP contribution in [-0.2, 0) is 17.8 Å². The number of rotatable bonds is 8. The maximum absolute atomic E-state index is 5.03. The lowest BCUT2D eigenvalue weighted by Crippen LogP contribution is -2.38. The van der Waals surface area contributed by atoms with E-state index < -0.39 is 0 Å². The smallest absolute Gasteiger partial charge is 0.191 e. The first kappa shape index (κ1) is 17.0. The van der Waals surface area contributed by atoms with Gasteiger partial charge in [-0.25, -0.2) is 4.98 Å². The maximum atomic E-state index is 5.03. The highest BCUT2D eigenvalue weighted by atomic mass is 16.5. The van der Waals surface area contributed by atoms with Gasteiger partial charge in [0.15, 0.2) is 5.96 Å². The van der Waals surface area contributed by atoms with Crippen LogP contribution in [0.1, 0.15) is 17.8 Å². The molecule has 2 N–H and O–H groups in total. The number of imidazole rings is 1. The molecule has 0 aliphatic rings. The fourth-order valence-corrected chi connectivity index (χ4v) is 2.24. The lowest BCUT2D eigenvalue weighted by molar-refractivity contribution is 0.195. The normalized spacial score (nSPS) is 11.5. The standard InChI is InChI=1S/C17H25N5O/c1-18-17(20-9-6-12-23-2)21-13-16-19-10-11-22(16)14-15-7-4-3-5-8-15/h3-5,7-8,10-11H,6,9,12-14H2,1-2H3,(H2,18,20,21). The van der Waals surface area contributed by atoms with Crippen LogP contribution in [0.3, 0.4) is 0 Å². The summed E-state index contributed by atoms with van der Waals surface area (Å²) in [7, 11) is 3.47.